The van der Waals surface area contributed by atoms with Gasteiger partial charge in [0.25, 0.3) is 0 Å². The number of hydrogen-bond donors (Lipinski definition) is 2. The zero-order chi connectivity index (χ0) is 10.1. The third kappa shape index (κ3) is 1.53. The van der Waals surface area contributed by atoms with Crippen molar-refractivity contribution in [2.45, 2.75) is 39.0 Å². The van der Waals surface area contributed by atoms with Crippen LogP contribution in [-0.4, -0.2) is 32.5 Å². The van der Waals surface area contributed by atoms with Crippen molar-refractivity contribution in [2.75, 3.05) is 6.54 Å². The normalized spacial score (nSPS) is 27.1. The molecule has 1 saturated heterocycles. The van der Waals surface area contributed by atoms with Gasteiger partial charge in [0, 0.05) is 13.1 Å². The average molecular weight is 196 g/mol. The van der Waals surface area contributed by atoms with Crippen LogP contribution in [0.5, 0.6) is 0 Å². The molecule has 2 N–H and O–H groups in total. The van der Waals surface area contributed by atoms with Crippen LogP contribution in [0.3, 0.4) is 0 Å². The van der Waals surface area contributed by atoms with Crippen LogP contribution < -0.4 is 5.32 Å². The van der Waals surface area contributed by atoms with Crippen LogP contribution in [0, 0.1) is 6.92 Å². The van der Waals surface area contributed by atoms with Gasteiger partial charge in [0.05, 0.1) is 12.1 Å². The molecule has 1 aliphatic rings. The number of aliphatic hydroxyl groups is 1. The Hall–Kier alpha value is -0.940. The van der Waals surface area contributed by atoms with E-state index in [9.17, 15) is 5.11 Å². The summed E-state index contributed by atoms with van der Waals surface area (Å²) < 4.78 is 2.08. The molecule has 1 aliphatic heterocycles. The summed E-state index contributed by atoms with van der Waals surface area (Å²) >= 11 is 0. The smallest absolute Gasteiger partial charge is 0.150 e. The summed E-state index contributed by atoms with van der Waals surface area (Å²) in [6.45, 7) is 5.55. The maximum absolute atomic E-state index is 9.41. The molecule has 2 heterocycles. The van der Waals surface area contributed by atoms with Gasteiger partial charge in [0.2, 0.25) is 0 Å². The van der Waals surface area contributed by atoms with E-state index < -0.39 is 0 Å². The van der Waals surface area contributed by atoms with Crippen LogP contribution in [0.2, 0.25) is 0 Å². The minimum absolute atomic E-state index is 0.158. The topological polar surface area (TPSA) is 63.0 Å². The molecule has 0 bridgehead atoms. The highest BCUT2D eigenvalue weighted by Crippen LogP contribution is 2.22. The molecule has 0 aliphatic carbocycles. The van der Waals surface area contributed by atoms with E-state index in [1.165, 1.54) is 0 Å². The van der Waals surface area contributed by atoms with Gasteiger partial charge in [0.1, 0.15) is 11.6 Å². The van der Waals surface area contributed by atoms with E-state index in [2.05, 4.69) is 27.0 Å². The number of aliphatic hydroxyl groups excluding tert-OH is 1. The molecule has 1 fully saturated rings. The summed E-state index contributed by atoms with van der Waals surface area (Å²) in [5.41, 5.74) is 0. The molecule has 78 valence electrons. The fraction of sp³-hybridized carbons (Fsp3) is 0.778. The van der Waals surface area contributed by atoms with Crippen molar-refractivity contribution in [1.82, 2.24) is 20.1 Å². The summed E-state index contributed by atoms with van der Waals surface area (Å²) in [6, 6.07) is 0.158. The van der Waals surface area contributed by atoms with Crippen LogP contribution >= 0.6 is 0 Å². The van der Waals surface area contributed by atoms with Gasteiger partial charge >= 0.3 is 0 Å². The van der Waals surface area contributed by atoms with Crippen LogP contribution in [0.4, 0.5) is 0 Å². The molecule has 2 atom stereocenters. The Balaban J connectivity index is 2.23. The van der Waals surface area contributed by atoms with Gasteiger partial charge in [-0.3, -0.25) is 0 Å². The molecule has 14 heavy (non-hydrogen) atoms. The third-order valence-electron chi connectivity index (χ3n) is 2.70. The maximum Gasteiger partial charge on any atom is 0.150 e. The Bertz CT molecular complexity index is 323. The van der Waals surface area contributed by atoms with E-state index in [0.717, 1.165) is 24.6 Å². The van der Waals surface area contributed by atoms with Gasteiger partial charge in [-0.15, -0.1) is 10.2 Å². The number of aryl methyl sites for hydroxylation is 1. The second kappa shape index (κ2) is 3.67. The minimum Gasteiger partial charge on any atom is -0.392 e. The number of β-amino-alcohol motifs (C(OH)–C–C–N with tert-alkyl or cyclic N) is 1. The molecular formula is C9H16N4O. The van der Waals surface area contributed by atoms with Gasteiger partial charge in [-0.05, 0) is 20.3 Å². The molecular weight excluding hydrogens is 180 g/mol. The molecule has 0 radical (unpaired) electrons. The summed E-state index contributed by atoms with van der Waals surface area (Å²) in [5, 5.41) is 20.8. The van der Waals surface area contributed by atoms with Crippen molar-refractivity contribution in [3.63, 3.8) is 0 Å². The Morgan fingerprint density at radius 3 is 2.93 bits per heavy atom. The van der Waals surface area contributed by atoms with E-state index in [4.69, 9.17) is 0 Å². The minimum atomic E-state index is -0.248. The number of nitrogens with zero attached hydrogens (tertiary/aromatic N) is 3. The van der Waals surface area contributed by atoms with Crippen molar-refractivity contribution in [1.29, 1.82) is 0 Å². The molecule has 1 aromatic heterocycles. The lowest BCUT2D eigenvalue weighted by atomic mass is 10.2. The number of nitrogens with one attached hydrogen (secondary N) is 1. The first kappa shape index (κ1) is 9.61. The number of hydrogen-bond acceptors (Lipinski definition) is 4. The third-order valence-corrected chi connectivity index (χ3v) is 2.70. The van der Waals surface area contributed by atoms with E-state index in [-0.39, 0.29) is 12.1 Å². The fourth-order valence-electron chi connectivity index (χ4n) is 1.96. The Kier molecular flexibility index (Phi) is 2.52. The molecule has 5 heteroatoms. The van der Waals surface area contributed by atoms with Gasteiger partial charge in [-0.1, -0.05) is 0 Å². The Labute approximate surface area is 83.2 Å². The molecule has 0 amide bonds. The summed E-state index contributed by atoms with van der Waals surface area (Å²) in [6.07, 6.45) is 0.486. The van der Waals surface area contributed by atoms with Crippen molar-refractivity contribution >= 4 is 0 Å². The average Bonchev–Trinajstić information content (AvgIpc) is 2.71. The zero-order valence-corrected chi connectivity index (χ0v) is 8.56. The SMILES string of the molecule is CCn1c(C)nnc1C1CC(O)CN1. The predicted octanol–water partition coefficient (Wildman–Crippen LogP) is 0.00172. The van der Waals surface area contributed by atoms with E-state index >= 15 is 0 Å². The Morgan fingerprint density at radius 1 is 1.57 bits per heavy atom. The number of aromatic nitrogens is 3. The largest absolute Gasteiger partial charge is 0.392 e. The van der Waals surface area contributed by atoms with Gasteiger partial charge in [-0.25, -0.2) is 0 Å². The zero-order valence-electron chi connectivity index (χ0n) is 8.56. The van der Waals surface area contributed by atoms with Gasteiger partial charge < -0.3 is 15.0 Å². The lowest BCUT2D eigenvalue weighted by molar-refractivity contribution is 0.192. The second-order valence-electron chi connectivity index (χ2n) is 3.70. The van der Waals surface area contributed by atoms with E-state index in [1.807, 2.05) is 6.92 Å². The summed E-state index contributed by atoms with van der Waals surface area (Å²) in [5.74, 6) is 1.88. The van der Waals surface area contributed by atoms with Crippen molar-refractivity contribution in [3.8, 4) is 0 Å². The molecule has 1 aromatic rings. The maximum atomic E-state index is 9.41. The van der Waals surface area contributed by atoms with Crippen molar-refractivity contribution in [3.05, 3.63) is 11.6 Å². The molecule has 2 rings (SSSR count). The first-order valence-electron chi connectivity index (χ1n) is 5.03. The quantitative estimate of drug-likeness (QED) is 0.699. The highest BCUT2D eigenvalue weighted by atomic mass is 16.3. The van der Waals surface area contributed by atoms with Crippen LogP contribution in [0.1, 0.15) is 31.0 Å². The monoisotopic (exact) mass is 196 g/mol. The first-order chi connectivity index (χ1) is 6.72. The van der Waals surface area contributed by atoms with Crippen LogP contribution in [0.15, 0.2) is 0 Å². The first-order valence-corrected chi connectivity index (χ1v) is 5.03. The van der Waals surface area contributed by atoms with Crippen LogP contribution in [0.25, 0.3) is 0 Å². The van der Waals surface area contributed by atoms with Crippen molar-refractivity contribution in [2.24, 2.45) is 0 Å². The lowest BCUT2D eigenvalue weighted by Gasteiger charge is -2.11. The van der Waals surface area contributed by atoms with E-state index in [0.29, 0.717) is 6.54 Å². The lowest BCUT2D eigenvalue weighted by Crippen LogP contribution is -2.18. The van der Waals surface area contributed by atoms with E-state index in [1.54, 1.807) is 0 Å². The van der Waals surface area contributed by atoms with Crippen LogP contribution in [-0.2, 0) is 6.54 Å². The van der Waals surface area contributed by atoms with Gasteiger partial charge in [-0.2, -0.15) is 0 Å². The highest BCUT2D eigenvalue weighted by molar-refractivity contribution is 5.03. The standard InChI is InChI=1S/C9H16N4O/c1-3-13-6(2)11-12-9(13)8-4-7(14)5-10-8/h7-8,10,14H,3-5H2,1-2H3. The molecule has 5 nitrogen and oxygen atoms in total. The predicted molar refractivity (Wildman–Crippen MR) is 51.8 cm³/mol. The second-order valence-corrected chi connectivity index (χ2v) is 3.70. The number of rotatable bonds is 2. The fourth-order valence-corrected chi connectivity index (χ4v) is 1.96. The Morgan fingerprint density at radius 2 is 2.36 bits per heavy atom. The summed E-state index contributed by atoms with van der Waals surface area (Å²) in [7, 11) is 0. The molecule has 2 unspecified atom stereocenters. The molecule has 0 spiro atoms. The van der Waals surface area contributed by atoms with Gasteiger partial charge in [0.15, 0.2) is 0 Å². The molecule has 0 saturated carbocycles. The highest BCUT2D eigenvalue weighted by Gasteiger charge is 2.27. The molecule has 0 aromatic carbocycles. The van der Waals surface area contributed by atoms with Crippen molar-refractivity contribution < 1.29 is 5.11 Å². The summed E-state index contributed by atoms with van der Waals surface area (Å²) in [4.78, 5) is 0.